The maximum absolute atomic E-state index is 12.9. The number of carbonyl (C=O) groups excluding carboxylic acids is 2. The van der Waals surface area contributed by atoms with Crippen LogP contribution in [0.2, 0.25) is 10.0 Å². The lowest BCUT2D eigenvalue weighted by molar-refractivity contribution is -0.149. The average molecular weight is 406 g/mol. The van der Waals surface area contributed by atoms with Gasteiger partial charge in [-0.05, 0) is 41.8 Å². The molecule has 1 amide bonds. The molecular formula is C21H21Cl2NO3. The summed E-state index contributed by atoms with van der Waals surface area (Å²) in [5.74, 6) is -0.606. The number of esters is 1. The molecule has 0 spiro atoms. The van der Waals surface area contributed by atoms with Gasteiger partial charge in [0, 0.05) is 16.0 Å². The standard InChI is InChI=1S/C21H21Cl2NO3/c1-21(12-18(25)27-2)11-17(14-4-3-5-16(23)10-14)19(24-20(21)26)13-6-8-15(22)9-7-13/h3-10,17,19H,11-12H2,1-2H3,(H,24,26)/t17-,19-,21-/m1/s1. The first-order valence-electron chi connectivity index (χ1n) is 8.71. The number of carbonyl (C=O) groups is 2. The van der Waals surface area contributed by atoms with Crippen LogP contribution in [0, 0.1) is 5.41 Å². The molecule has 142 valence electrons. The van der Waals surface area contributed by atoms with Crippen molar-refractivity contribution in [3.05, 3.63) is 69.7 Å². The molecular weight excluding hydrogens is 385 g/mol. The van der Waals surface area contributed by atoms with Gasteiger partial charge in [0.2, 0.25) is 5.91 Å². The van der Waals surface area contributed by atoms with Crippen molar-refractivity contribution in [3.63, 3.8) is 0 Å². The number of halogens is 2. The van der Waals surface area contributed by atoms with Gasteiger partial charge in [-0.1, -0.05) is 54.4 Å². The largest absolute Gasteiger partial charge is 0.469 e. The predicted octanol–water partition coefficient (Wildman–Crippen LogP) is 4.91. The van der Waals surface area contributed by atoms with Crippen molar-refractivity contribution in [2.45, 2.75) is 31.7 Å². The third-order valence-corrected chi connectivity index (χ3v) is 5.66. The van der Waals surface area contributed by atoms with Crippen molar-refractivity contribution in [2.75, 3.05) is 7.11 Å². The SMILES string of the molecule is COC(=O)C[C@@]1(C)C[C@H](c2cccc(Cl)c2)[C@@H](c2ccc(Cl)cc2)NC1=O. The molecule has 0 aromatic heterocycles. The van der Waals surface area contributed by atoms with Crippen LogP contribution in [0.15, 0.2) is 48.5 Å². The topological polar surface area (TPSA) is 55.4 Å². The van der Waals surface area contributed by atoms with Crippen LogP contribution in [0.1, 0.15) is 42.9 Å². The Morgan fingerprint density at radius 2 is 1.85 bits per heavy atom. The van der Waals surface area contributed by atoms with E-state index in [-0.39, 0.29) is 24.3 Å². The van der Waals surface area contributed by atoms with E-state index in [4.69, 9.17) is 27.9 Å². The second kappa shape index (κ2) is 7.91. The fourth-order valence-corrected chi connectivity index (χ4v) is 4.01. The molecule has 1 aliphatic heterocycles. The number of ether oxygens (including phenoxy) is 1. The van der Waals surface area contributed by atoms with Crippen LogP contribution < -0.4 is 5.32 Å². The van der Waals surface area contributed by atoms with E-state index in [1.54, 1.807) is 19.1 Å². The van der Waals surface area contributed by atoms with Gasteiger partial charge in [0.05, 0.1) is 25.0 Å². The third kappa shape index (κ3) is 4.28. The van der Waals surface area contributed by atoms with E-state index in [0.717, 1.165) is 11.1 Å². The van der Waals surface area contributed by atoms with Crippen LogP contribution in [-0.2, 0) is 14.3 Å². The minimum Gasteiger partial charge on any atom is -0.469 e. The number of benzene rings is 2. The van der Waals surface area contributed by atoms with Gasteiger partial charge in [0.15, 0.2) is 0 Å². The molecule has 1 heterocycles. The van der Waals surface area contributed by atoms with Crippen LogP contribution in [0.3, 0.4) is 0 Å². The molecule has 1 N–H and O–H groups in total. The van der Waals surface area contributed by atoms with E-state index >= 15 is 0 Å². The summed E-state index contributed by atoms with van der Waals surface area (Å²) in [6.45, 7) is 1.80. The van der Waals surface area contributed by atoms with E-state index < -0.39 is 11.4 Å². The monoisotopic (exact) mass is 405 g/mol. The van der Waals surface area contributed by atoms with E-state index in [2.05, 4.69) is 5.32 Å². The summed E-state index contributed by atoms with van der Waals surface area (Å²) in [4.78, 5) is 24.8. The predicted molar refractivity (Wildman–Crippen MR) is 106 cm³/mol. The van der Waals surface area contributed by atoms with Crippen LogP contribution in [0.25, 0.3) is 0 Å². The first-order valence-corrected chi connectivity index (χ1v) is 9.47. The van der Waals surface area contributed by atoms with Crippen LogP contribution in [0.5, 0.6) is 0 Å². The zero-order chi connectivity index (χ0) is 19.6. The summed E-state index contributed by atoms with van der Waals surface area (Å²) in [6.07, 6.45) is 0.529. The van der Waals surface area contributed by atoms with E-state index in [9.17, 15) is 9.59 Å². The molecule has 1 aliphatic rings. The lowest BCUT2D eigenvalue weighted by Gasteiger charge is -2.42. The Kier molecular flexibility index (Phi) is 5.78. The molecule has 0 unspecified atom stereocenters. The van der Waals surface area contributed by atoms with Gasteiger partial charge in [0.25, 0.3) is 0 Å². The fourth-order valence-electron chi connectivity index (χ4n) is 3.69. The fraction of sp³-hybridized carbons (Fsp3) is 0.333. The maximum atomic E-state index is 12.9. The van der Waals surface area contributed by atoms with Gasteiger partial charge in [-0.3, -0.25) is 9.59 Å². The summed E-state index contributed by atoms with van der Waals surface area (Å²) < 4.78 is 4.80. The van der Waals surface area contributed by atoms with Crippen molar-refractivity contribution in [3.8, 4) is 0 Å². The molecule has 2 aromatic carbocycles. The van der Waals surface area contributed by atoms with Gasteiger partial charge >= 0.3 is 5.97 Å². The first-order chi connectivity index (χ1) is 12.8. The van der Waals surface area contributed by atoms with Crippen LogP contribution >= 0.6 is 23.2 Å². The smallest absolute Gasteiger partial charge is 0.306 e. The molecule has 3 rings (SSSR count). The Balaban J connectivity index is 2.01. The first kappa shape index (κ1) is 19.7. The van der Waals surface area contributed by atoms with Gasteiger partial charge in [0.1, 0.15) is 0 Å². The number of methoxy groups -OCH3 is 1. The third-order valence-electron chi connectivity index (χ3n) is 5.18. The summed E-state index contributed by atoms with van der Waals surface area (Å²) in [6, 6.07) is 14.8. The summed E-state index contributed by atoms with van der Waals surface area (Å²) >= 11 is 12.2. The molecule has 0 aliphatic carbocycles. The highest BCUT2D eigenvalue weighted by Crippen LogP contribution is 2.46. The van der Waals surface area contributed by atoms with Crippen LogP contribution in [-0.4, -0.2) is 19.0 Å². The molecule has 4 nitrogen and oxygen atoms in total. The van der Waals surface area contributed by atoms with Crippen molar-refractivity contribution in [1.29, 1.82) is 0 Å². The van der Waals surface area contributed by atoms with Crippen molar-refractivity contribution < 1.29 is 14.3 Å². The molecule has 6 heteroatoms. The maximum Gasteiger partial charge on any atom is 0.306 e. The van der Waals surface area contributed by atoms with Crippen LogP contribution in [0.4, 0.5) is 0 Å². The second-order valence-corrected chi connectivity index (χ2v) is 8.05. The molecule has 0 bridgehead atoms. The Labute approximate surface area is 168 Å². The van der Waals surface area contributed by atoms with Crippen molar-refractivity contribution in [1.82, 2.24) is 5.32 Å². The number of nitrogens with one attached hydrogen (secondary N) is 1. The highest BCUT2D eigenvalue weighted by Gasteiger charge is 2.46. The summed E-state index contributed by atoms with van der Waals surface area (Å²) in [5, 5.41) is 4.38. The zero-order valence-electron chi connectivity index (χ0n) is 15.2. The zero-order valence-corrected chi connectivity index (χ0v) is 16.7. The van der Waals surface area contributed by atoms with E-state index in [0.29, 0.717) is 16.5 Å². The number of rotatable bonds is 4. The number of hydrogen-bond donors (Lipinski definition) is 1. The molecule has 27 heavy (non-hydrogen) atoms. The van der Waals surface area contributed by atoms with Gasteiger partial charge < -0.3 is 10.1 Å². The Hall–Kier alpha value is -2.04. The molecule has 1 fully saturated rings. The van der Waals surface area contributed by atoms with Gasteiger partial charge in [-0.25, -0.2) is 0 Å². The Morgan fingerprint density at radius 3 is 2.48 bits per heavy atom. The quantitative estimate of drug-likeness (QED) is 0.735. The molecule has 2 aromatic rings. The number of hydrogen-bond acceptors (Lipinski definition) is 3. The van der Waals surface area contributed by atoms with Crippen molar-refractivity contribution >= 4 is 35.1 Å². The minimum absolute atomic E-state index is 0.0275. The van der Waals surface area contributed by atoms with E-state index in [1.165, 1.54) is 7.11 Å². The highest BCUT2D eigenvalue weighted by atomic mass is 35.5. The number of amides is 1. The second-order valence-electron chi connectivity index (χ2n) is 7.18. The lowest BCUT2D eigenvalue weighted by Crippen LogP contribution is -2.50. The summed E-state index contributed by atoms with van der Waals surface area (Å²) in [5.41, 5.74) is 1.11. The summed E-state index contributed by atoms with van der Waals surface area (Å²) in [7, 11) is 1.33. The minimum atomic E-state index is -0.858. The van der Waals surface area contributed by atoms with Crippen molar-refractivity contribution in [2.24, 2.45) is 5.41 Å². The van der Waals surface area contributed by atoms with Gasteiger partial charge in [-0.2, -0.15) is 0 Å². The lowest BCUT2D eigenvalue weighted by atomic mass is 9.68. The molecule has 3 atom stereocenters. The average Bonchev–Trinajstić information content (AvgIpc) is 2.64. The molecule has 1 saturated heterocycles. The van der Waals surface area contributed by atoms with E-state index in [1.807, 2.05) is 36.4 Å². The molecule has 0 saturated carbocycles. The Bertz CT molecular complexity index is 853. The highest BCUT2D eigenvalue weighted by molar-refractivity contribution is 6.30. The van der Waals surface area contributed by atoms with Gasteiger partial charge in [-0.15, -0.1) is 0 Å². The molecule has 0 radical (unpaired) electrons. The Morgan fingerprint density at radius 1 is 1.15 bits per heavy atom. The number of piperidine rings is 1. The normalized spacial score (nSPS) is 25.0.